The number of anilines is 2. The third-order valence-electron chi connectivity index (χ3n) is 7.37. The zero-order valence-corrected chi connectivity index (χ0v) is 26.4. The molecule has 222 valence electrons. The second kappa shape index (κ2) is 14.3. The molecule has 0 bridgehead atoms. The molecule has 0 radical (unpaired) electrons. The smallest absolute Gasteiger partial charge is 0.410 e. The fourth-order valence-corrected chi connectivity index (χ4v) is 4.83. The van der Waals surface area contributed by atoms with Crippen molar-refractivity contribution in [3.63, 3.8) is 0 Å². The first-order chi connectivity index (χ1) is 18.7. The van der Waals surface area contributed by atoms with Gasteiger partial charge in [-0.1, -0.05) is 6.58 Å². The third kappa shape index (κ3) is 8.82. The maximum absolute atomic E-state index is 12.9. The van der Waals surface area contributed by atoms with E-state index in [2.05, 4.69) is 76.8 Å². The summed E-state index contributed by atoms with van der Waals surface area (Å²) < 4.78 is 5.62. The van der Waals surface area contributed by atoms with Crippen LogP contribution in [0.4, 0.5) is 16.2 Å². The highest BCUT2D eigenvalue weighted by molar-refractivity contribution is 5.69. The summed E-state index contributed by atoms with van der Waals surface area (Å²) in [4.78, 5) is 23.4. The van der Waals surface area contributed by atoms with Crippen molar-refractivity contribution in [2.75, 3.05) is 64.7 Å². The van der Waals surface area contributed by atoms with Crippen LogP contribution in [-0.4, -0.2) is 93.4 Å². The standard InChI is InChI=1S/C31H51N7O2/c1-12-35(10)20-25-17-26(37-16-15-27(22-37)34(8)9)13-14-29(25)38(24(3)23(2)18-32)28(19-33-7)21-36(11)30(39)40-31(4,5)6/h12-14,17,19,23-24,27,33H,1,15-16,20-22H2,2-11H3/b28-19-/t23?,24?,27-/m1/s1. The molecule has 1 aliphatic rings. The van der Waals surface area contributed by atoms with E-state index >= 15 is 0 Å². The molecule has 2 unspecified atom stereocenters. The number of hydrogen-bond donors (Lipinski definition) is 1. The van der Waals surface area contributed by atoms with Gasteiger partial charge in [-0.25, -0.2) is 4.79 Å². The van der Waals surface area contributed by atoms with Gasteiger partial charge in [-0.3, -0.25) is 0 Å². The minimum absolute atomic E-state index is 0.166. The van der Waals surface area contributed by atoms with Gasteiger partial charge in [0.1, 0.15) is 5.60 Å². The number of likely N-dealkylation sites (N-methyl/N-ethyl adjacent to an activating group) is 2. The second-order valence-corrected chi connectivity index (χ2v) is 12.1. The normalized spacial score (nSPS) is 17.2. The van der Waals surface area contributed by atoms with Gasteiger partial charge in [0.05, 0.1) is 24.2 Å². The quantitative estimate of drug-likeness (QED) is 0.400. The number of carbonyl (C=O) groups excluding carboxylic acids is 1. The topological polar surface area (TPSA) is 78.3 Å². The van der Waals surface area contributed by atoms with Crippen molar-refractivity contribution in [1.82, 2.24) is 20.0 Å². The molecule has 40 heavy (non-hydrogen) atoms. The van der Waals surface area contributed by atoms with Crippen LogP contribution < -0.4 is 15.1 Å². The maximum Gasteiger partial charge on any atom is 0.410 e. The van der Waals surface area contributed by atoms with Crippen LogP contribution in [-0.2, 0) is 11.3 Å². The molecular formula is C31H51N7O2. The fourth-order valence-electron chi connectivity index (χ4n) is 4.83. The van der Waals surface area contributed by atoms with Crippen LogP contribution >= 0.6 is 0 Å². The van der Waals surface area contributed by atoms with Gasteiger partial charge in [0.25, 0.3) is 0 Å². The molecule has 9 nitrogen and oxygen atoms in total. The largest absolute Gasteiger partial charge is 0.444 e. The Morgan fingerprint density at radius 2 is 1.95 bits per heavy atom. The number of rotatable bonds is 12. The van der Waals surface area contributed by atoms with Crippen LogP contribution in [0.3, 0.4) is 0 Å². The molecule has 1 saturated heterocycles. The lowest BCUT2D eigenvalue weighted by Crippen LogP contribution is -2.43. The molecule has 0 spiro atoms. The van der Waals surface area contributed by atoms with Crippen LogP contribution in [0.15, 0.2) is 42.9 Å². The summed E-state index contributed by atoms with van der Waals surface area (Å²) in [7, 11) is 9.86. The Balaban J connectivity index is 2.60. The minimum Gasteiger partial charge on any atom is -0.444 e. The van der Waals surface area contributed by atoms with Gasteiger partial charge in [0.2, 0.25) is 0 Å². The molecular weight excluding hydrogens is 502 g/mol. The van der Waals surface area contributed by atoms with Gasteiger partial charge in [-0.15, -0.1) is 0 Å². The lowest BCUT2D eigenvalue weighted by molar-refractivity contribution is 0.0312. The van der Waals surface area contributed by atoms with E-state index in [1.807, 2.05) is 54.2 Å². The van der Waals surface area contributed by atoms with E-state index in [1.54, 1.807) is 11.9 Å². The van der Waals surface area contributed by atoms with E-state index in [4.69, 9.17) is 4.74 Å². The number of hydrogen-bond acceptors (Lipinski definition) is 8. The van der Waals surface area contributed by atoms with E-state index in [9.17, 15) is 10.1 Å². The maximum atomic E-state index is 12.9. The number of nitrogens with zero attached hydrogens (tertiary/aromatic N) is 6. The number of ether oxygens (including phenoxy) is 1. The molecule has 1 aliphatic heterocycles. The third-order valence-corrected chi connectivity index (χ3v) is 7.37. The summed E-state index contributed by atoms with van der Waals surface area (Å²) in [6.45, 7) is 16.5. The van der Waals surface area contributed by atoms with Gasteiger partial charge in [0, 0.05) is 70.4 Å². The van der Waals surface area contributed by atoms with Crippen molar-refractivity contribution in [3.05, 3.63) is 48.4 Å². The van der Waals surface area contributed by atoms with Crippen LogP contribution in [0.25, 0.3) is 0 Å². The Morgan fingerprint density at radius 3 is 2.48 bits per heavy atom. The van der Waals surface area contributed by atoms with Gasteiger partial charge >= 0.3 is 6.09 Å². The molecule has 3 atom stereocenters. The Morgan fingerprint density at radius 1 is 1.27 bits per heavy atom. The predicted molar refractivity (Wildman–Crippen MR) is 165 cm³/mol. The molecule has 1 N–H and O–H groups in total. The highest BCUT2D eigenvalue weighted by Gasteiger charge is 2.30. The highest BCUT2D eigenvalue weighted by Crippen LogP contribution is 2.34. The Kier molecular flexibility index (Phi) is 11.7. The summed E-state index contributed by atoms with van der Waals surface area (Å²) >= 11 is 0. The molecule has 0 saturated carbocycles. The van der Waals surface area contributed by atoms with Crippen molar-refractivity contribution < 1.29 is 9.53 Å². The number of nitriles is 1. The lowest BCUT2D eigenvalue weighted by Gasteiger charge is -2.38. The van der Waals surface area contributed by atoms with Gasteiger partial charge in [-0.2, -0.15) is 5.26 Å². The number of amides is 1. The molecule has 0 aliphatic carbocycles. The van der Waals surface area contributed by atoms with Crippen molar-refractivity contribution in [3.8, 4) is 6.07 Å². The summed E-state index contributed by atoms with van der Waals surface area (Å²) in [5.41, 5.74) is 3.56. The van der Waals surface area contributed by atoms with Crippen molar-refractivity contribution in [2.24, 2.45) is 5.92 Å². The zero-order chi connectivity index (χ0) is 30.2. The number of benzene rings is 1. The van der Waals surface area contributed by atoms with E-state index in [-0.39, 0.29) is 12.0 Å². The lowest BCUT2D eigenvalue weighted by atomic mass is 9.99. The number of carbonyl (C=O) groups is 1. The Bertz CT molecular complexity index is 1070. The summed E-state index contributed by atoms with van der Waals surface area (Å²) in [5.74, 6) is -0.267. The average molecular weight is 554 g/mol. The molecule has 1 heterocycles. The molecule has 0 aromatic heterocycles. The summed E-state index contributed by atoms with van der Waals surface area (Å²) in [5, 5.41) is 13.1. The monoisotopic (exact) mass is 553 g/mol. The van der Waals surface area contributed by atoms with E-state index < -0.39 is 11.7 Å². The zero-order valence-electron chi connectivity index (χ0n) is 26.4. The van der Waals surface area contributed by atoms with E-state index in [0.717, 1.165) is 36.5 Å². The minimum atomic E-state index is -0.597. The second-order valence-electron chi connectivity index (χ2n) is 12.1. The van der Waals surface area contributed by atoms with Gasteiger partial charge in [-0.05, 0) is 85.1 Å². The van der Waals surface area contributed by atoms with Crippen LogP contribution in [0.1, 0.15) is 46.6 Å². The fraction of sp³-hybridized carbons (Fsp3) is 0.613. The van der Waals surface area contributed by atoms with Crippen LogP contribution in [0.5, 0.6) is 0 Å². The van der Waals surface area contributed by atoms with Crippen molar-refractivity contribution >= 4 is 17.5 Å². The average Bonchev–Trinajstić information content (AvgIpc) is 3.38. The Hall–Kier alpha value is -3.38. The molecule has 1 fully saturated rings. The predicted octanol–water partition coefficient (Wildman–Crippen LogP) is 4.68. The van der Waals surface area contributed by atoms with Gasteiger partial charge in [0.15, 0.2) is 0 Å². The summed E-state index contributed by atoms with van der Waals surface area (Å²) in [6, 6.07) is 9.38. The van der Waals surface area contributed by atoms with Crippen LogP contribution in [0.2, 0.25) is 0 Å². The van der Waals surface area contributed by atoms with E-state index in [0.29, 0.717) is 19.1 Å². The van der Waals surface area contributed by atoms with E-state index in [1.165, 1.54) is 5.69 Å². The van der Waals surface area contributed by atoms with Crippen LogP contribution in [0, 0.1) is 17.2 Å². The molecule has 1 amide bonds. The first-order valence-electron chi connectivity index (χ1n) is 14.1. The highest BCUT2D eigenvalue weighted by atomic mass is 16.6. The molecule has 1 aromatic carbocycles. The molecule has 9 heteroatoms. The van der Waals surface area contributed by atoms with Crippen molar-refractivity contribution in [1.29, 1.82) is 5.26 Å². The Labute approximate surface area is 242 Å². The first-order valence-corrected chi connectivity index (χ1v) is 14.1. The first kappa shape index (κ1) is 32.8. The SMILES string of the molecule is C=CN(C)Cc1cc(N2CC[C@@H](N(C)C)C2)ccc1N(/C(=C\NC)CN(C)C(=O)OC(C)(C)C)C(C)C(C)C#N. The van der Waals surface area contributed by atoms with Crippen molar-refractivity contribution in [2.45, 2.75) is 65.3 Å². The van der Waals surface area contributed by atoms with Gasteiger partial charge < -0.3 is 34.6 Å². The molecule has 1 aromatic rings. The number of nitrogens with one attached hydrogen (secondary N) is 1. The molecule has 2 rings (SSSR count). The summed E-state index contributed by atoms with van der Waals surface area (Å²) in [6.07, 6.45) is 4.45.